The Balaban J connectivity index is 1.26. The van der Waals surface area contributed by atoms with Crippen molar-refractivity contribution in [1.29, 1.82) is 0 Å². The number of ketones is 1. The van der Waals surface area contributed by atoms with Gasteiger partial charge in [0.1, 0.15) is 5.78 Å². The van der Waals surface area contributed by atoms with Crippen molar-refractivity contribution in [2.45, 2.75) is 18.9 Å². The van der Waals surface area contributed by atoms with Crippen molar-refractivity contribution < 1.29 is 9.53 Å². The number of aryl methyl sites for hydroxylation is 1. The van der Waals surface area contributed by atoms with E-state index in [9.17, 15) is 4.79 Å². The first-order valence-corrected chi connectivity index (χ1v) is 9.88. The van der Waals surface area contributed by atoms with E-state index in [1.165, 1.54) is 0 Å². The number of benzene rings is 1. The zero-order valence-corrected chi connectivity index (χ0v) is 16.0. The zero-order chi connectivity index (χ0) is 19.1. The van der Waals surface area contributed by atoms with Crippen molar-refractivity contribution >= 4 is 16.6 Å². The van der Waals surface area contributed by atoms with E-state index in [-0.39, 0.29) is 5.92 Å². The number of fused-ring (bicyclic) bond motifs is 1. The Bertz CT molecular complexity index is 1020. The molecule has 2 aliphatic rings. The van der Waals surface area contributed by atoms with E-state index >= 15 is 0 Å². The van der Waals surface area contributed by atoms with Crippen LogP contribution in [0.25, 0.3) is 21.9 Å². The normalized spacial score (nSPS) is 20.1. The number of pyridine rings is 1. The number of hydrogen-bond donors (Lipinski definition) is 0. The van der Waals surface area contributed by atoms with Gasteiger partial charge in [-0.25, -0.2) is 0 Å². The van der Waals surface area contributed by atoms with E-state index in [2.05, 4.69) is 33.2 Å². The highest BCUT2D eigenvalue weighted by molar-refractivity contribution is 5.89. The maximum absolute atomic E-state index is 12.6. The summed E-state index contributed by atoms with van der Waals surface area (Å²) in [5.41, 5.74) is 3.06. The standard InChI is InChI=1S/C22H24N4O2/c1-25-11-18(10-24-25)15-2-3-16-9-23-20(7-17(16)6-15)8-22(27)19-12-26(13-19)14-21-4-5-28-21/h2-3,6-7,9-11,19,21H,4-5,8,12-14H2,1H3. The van der Waals surface area contributed by atoms with Gasteiger partial charge < -0.3 is 4.74 Å². The van der Waals surface area contributed by atoms with Gasteiger partial charge in [-0.05, 0) is 29.5 Å². The van der Waals surface area contributed by atoms with Crippen molar-refractivity contribution in [2.24, 2.45) is 13.0 Å². The molecule has 28 heavy (non-hydrogen) atoms. The first kappa shape index (κ1) is 17.5. The highest BCUT2D eigenvalue weighted by Gasteiger charge is 2.34. The summed E-state index contributed by atoms with van der Waals surface area (Å²) in [5.74, 6) is 0.431. The lowest BCUT2D eigenvalue weighted by Gasteiger charge is -2.42. The first-order chi connectivity index (χ1) is 13.6. The van der Waals surface area contributed by atoms with Crippen molar-refractivity contribution in [1.82, 2.24) is 19.7 Å². The highest BCUT2D eigenvalue weighted by atomic mass is 16.5. The summed E-state index contributed by atoms with van der Waals surface area (Å²) in [5, 5.41) is 6.44. The largest absolute Gasteiger partial charge is 0.377 e. The number of hydrogen-bond acceptors (Lipinski definition) is 5. The molecule has 6 nitrogen and oxygen atoms in total. The molecule has 0 N–H and O–H groups in total. The molecule has 4 heterocycles. The van der Waals surface area contributed by atoms with E-state index in [4.69, 9.17) is 4.74 Å². The lowest BCUT2D eigenvalue weighted by molar-refractivity contribution is -0.130. The number of carbonyl (C=O) groups is 1. The Kier molecular flexibility index (Phi) is 4.45. The second kappa shape index (κ2) is 7.11. The van der Waals surface area contributed by atoms with Crippen LogP contribution in [0.5, 0.6) is 0 Å². The molecule has 3 aromatic rings. The molecule has 0 amide bonds. The second-order valence-corrected chi connectivity index (χ2v) is 7.98. The van der Waals surface area contributed by atoms with Crippen LogP contribution in [0.3, 0.4) is 0 Å². The highest BCUT2D eigenvalue weighted by Crippen LogP contribution is 2.25. The molecule has 1 atom stereocenters. The number of ether oxygens (including phenoxy) is 1. The van der Waals surface area contributed by atoms with Crippen molar-refractivity contribution in [3.8, 4) is 11.1 Å². The van der Waals surface area contributed by atoms with Crippen molar-refractivity contribution in [2.75, 3.05) is 26.2 Å². The van der Waals surface area contributed by atoms with Crippen LogP contribution in [0.2, 0.25) is 0 Å². The van der Waals surface area contributed by atoms with Crippen LogP contribution in [-0.4, -0.2) is 57.8 Å². The van der Waals surface area contributed by atoms with Gasteiger partial charge >= 0.3 is 0 Å². The molecule has 5 rings (SSSR count). The number of aromatic nitrogens is 3. The minimum Gasteiger partial charge on any atom is -0.377 e. The van der Waals surface area contributed by atoms with Crippen LogP contribution >= 0.6 is 0 Å². The van der Waals surface area contributed by atoms with Gasteiger partial charge in [0, 0.05) is 74.7 Å². The SMILES string of the molecule is Cn1cc(-c2ccc3cnc(CC(=O)C4CN(CC5CCO5)C4)cc3c2)cn1. The van der Waals surface area contributed by atoms with E-state index in [1.807, 2.05) is 31.7 Å². The van der Waals surface area contributed by atoms with Gasteiger partial charge in [-0.2, -0.15) is 5.10 Å². The van der Waals surface area contributed by atoms with Gasteiger partial charge in [-0.15, -0.1) is 0 Å². The molecule has 0 aliphatic carbocycles. The third kappa shape index (κ3) is 3.45. The molecule has 0 radical (unpaired) electrons. The quantitative estimate of drug-likeness (QED) is 0.661. The summed E-state index contributed by atoms with van der Waals surface area (Å²) in [7, 11) is 1.92. The molecule has 2 fully saturated rings. The number of likely N-dealkylation sites (tertiary alicyclic amines) is 1. The third-order valence-electron chi connectivity index (χ3n) is 5.84. The smallest absolute Gasteiger partial charge is 0.144 e. The first-order valence-electron chi connectivity index (χ1n) is 9.88. The van der Waals surface area contributed by atoms with E-state index in [1.54, 1.807) is 4.68 Å². The topological polar surface area (TPSA) is 60.2 Å². The second-order valence-electron chi connectivity index (χ2n) is 7.98. The van der Waals surface area contributed by atoms with E-state index in [0.717, 1.165) is 60.3 Å². The Morgan fingerprint density at radius 2 is 2.04 bits per heavy atom. The predicted octanol–water partition coefficient (Wildman–Crippen LogP) is 2.47. The van der Waals surface area contributed by atoms with Crippen LogP contribution in [0, 0.1) is 5.92 Å². The fourth-order valence-corrected chi connectivity index (χ4v) is 3.99. The molecule has 1 unspecified atom stereocenters. The number of nitrogens with zero attached hydrogens (tertiary/aromatic N) is 4. The maximum Gasteiger partial charge on any atom is 0.144 e. The Morgan fingerprint density at radius 3 is 2.75 bits per heavy atom. The average Bonchev–Trinajstić information content (AvgIpc) is 3.05. The molecule has 1 aromatic carbocycles. The van der Waals surface area contributed by atoms with Crippen LogP contribution < -0.4 is 0 Å². The lowest BCUT2D eigenvalue weighted by Crippen LogP contribution is -2.54. The summed E-state index contributed by atoms with van der Waals surface area (Å²) in [6, 6.07) is 8.35. The molecule has 0 saturated carbocycles. The molecule has 144 valence electrons. The van der Waals surface area contributed by atoms with Gasteiger partial charge in [0.25, 0.3) is 0 Å². The van der Waals surface area contributed by atoms with Crippen LogP contribution in [0.1, 0.15) is 12.1 Å². The lowest BCUT2D eigenvalue weighted by atomic mass is 9.91. The summed E-state index contributed by atoms with van der Waals surface area (Å²) in [4.78, 5) is 19.5. The van der Waals surface area contributed by atoms with Gasteiger partial charge in [-0.1, -0.05) is 12.1 Å². The molecule has 2 aliphatic heterocycles. The summed E-state index contributed by atoms with van der Waals surface area (Å²) >= 11 is 0. The van der Waals surface area contributed by atoms with Crippen molar-refractivity contribution in [3.05, 3.63) is 48.5 Å². The number of carbonyl (C=O) groups excluding carboxylic acids is 1. The molecule has 2 aromatic heterocycles. The summed E-state index contributed by atoms with van der Waals surface area (Å²) in [6.07, 6.45) is 7.68. The molecule has 0 bridgehead atoms. The van der Waals surface area contributed by atoms with Gasteiger partial charge in [0.15, 0.2) is 0 Å². The van der Waals surface area contributed by atoms with Gasteiger partial charge in [0.2, 0.25) is 0 Å². The van der Waals surface area contributed by atoms with Crippen LogP contribution in [0.4, 0.5) is 0 Å². The third-order valence-corrected chi connectivity index (χ3v) is 5.84. The summed E-state index contributed by atoms with van der Waals surface area (Å²) in [6.45, 7) is 3.57. The zero-order valence-electron chi connectivity index (χ0n) is 16.0. The van der Waals surface area contributed by atoms with Crippen molar-refractivity contribution in [3.63, 3.8) is 0 Å². The minimum absolute atomic E-state index is 0.138. The number of Topliss-reactive ketones (excluding diaryl/α,β-unsaturated/α-hetero) is 1. The fourth-order valence-electron chi connectivity index (χ4n) is 3.99. The summed E-state index contributed by atoms with van der Waals surface area (Å²) < 4.78 is 7.27. The minimum atomic E-state index is 0.138. The Hall–Kier alpha value is -2.57. The van der Waals surface area contributed by atoms with E-state index in [0.29, 0.717) is 18.3 Å². The van der Waals surface area contributed by atoms with Crippen LogP contribution in [-0.2, 0) is 23.0 Å². The van der Waals surface area contributed by atoms with Gasteiger partial charge in [0.05, 0.1) is 12.3 Å². The molecular weight excluding hydrogens is 352 g/mol. The number of rotatable bonds is 6. The maximum atomic E-state index is 12.6. The fraction of sp³-hybridized carbons (Fsp3) is 0.409. The van der Waals surface area contributed by atoms with E-state index < -0.39 is 0 Å². The molecule has 2 saturated heterocycles. The molecule has 6 heteroatoms. The predicted molar refractivity (Wildman–Crippen MR) is 107 cm³/mol. The van der Waals surface area contributed by atoms with Gasteiger partial charge in [-0.3, -0.25) is 19.4 Å². The molecule has 0 spiro atoms. The average molecular weight is 376 g/mol. The Morgan fingerprint density at radius 1 is 1.18 bits per heavy atom. The van der Waals surface area contributed by atoms with Crippen LogP contribution in [0.15, 0.2) is 42.9 Å². The molecular formula is C22H24N4O2. The Labute approximate surface area is 164 Å². The monoisotopic (exact) mass is 376 g/mol.